The van der Waals surface area contributed by atoms with Crippen LogP contribution < -0.4 is 5.32 Å². The molecule has 0 aliphatic heterocycles. The lowest BCUT2D eigenvalue weighted by molar-refractivity contribution is 0.543. The molecule has 1 aliphatic rings. The van der Waals surface area contributed by atoms with Crippen molar-refractivity contribution in [2.75, 3.05) is 6.54 Å². The summed E-state index contributed by atoms with van der Waals surface area (Å²) in [6.07, 6.45) is 4.25. The summed E-state index contributed by atoms with van der Waals surface area (Å²) < 4.78 is 0. The third-order valence-corrected chi connectivity index (χ3v) is 4.29. The van der Waals surface area contributed by atoms with Crippen molar-refractivity contribution >= 4 is 11.3 Å². The van der Waals surface area contributed by atoms with Crippen molar-refractivity contribution in [1.29, 1.82) is 0 Å². The number of nitrogens with zero attached hydrogens (tertiary/aromatic N) is 1. The number of rotatable bonds is 5. The second kappa shape index (κ2) is 4.62. The minimum absolute atomic E-state index is 0.468. The molecule has 2 rings (SSSR count). The lowest BCUT2D eigenvalue weighted by Crippen LogP contribution is -2.20. The van der Waals surface area contributed by atoms with E-state index in [1.807, 2.05) is 11.3 Å². The van der Waals surface area contributed by atoms with Crippen molar-refractivity contribution in [2.45, 2.75) is 46.1 Å². The molecule has 2 nitrogen and oxygen atoms in total. The Balaban J connectivity index is 1.83. The van der Waals surface area contributed by atoms with Crippen LogP contribution in [0.25, 0.3) is 0 Å². The Morgan fingerprint density at radius 1 is 1.47 bits per heavy atom. The molecule has 1 saturated carbocycles. The molecule has 0 bridgehead atoms. The standard InChI is InChI=1S/C12H20N2S/c1-8(13-7-6-11-4-5-11)12-9(2)14-10(3)15-12/h8,11,13H,4-7H2,1-3H3. The van der Waals surface area contributed by atoms with Gasteiger partial charge in [-0.15, -0.1) is 11.3 Å². The van der Waals surface area contributed by atoms with Gasteiger partial charge in [0.2, 0.25) is 0 Å². The number of nitrogens with one attached hydrogen (secondary N) is 1. The molecule has 1 aliphatic carbocycles. The van der Waals surface area contributed by atoms with Gasteiger partial charge in [-0.1, -0.05) is 12.8 Å². The molecule has 15 heavy (non-hydrogen) atoms. The van der Waals surface area contributed by atoms with Crippen LogP contribution in [-0.4, -0.2) is 11.5 Å². The van der Waals surface area contributed by atoms with E-state index < -0.39 is 0 Å². The van der Waals surface area contributed by atoms with Crippen LogP contribution in [0.1, 0.15) is 47.8 Å². The van der Waals surface area contributed by atoms with Crippen molar-refractivity contribution in [3.05, 3.63) is 15.6 Å². The largest absolute Gasteiger partial charge is 0.309 e. The minimum Gasteiger partial charge on any atom is -0.309 e. The van der Waals surface area contributed by atoms with Crippen LogP contribution in [0.2, 0.25) is 0 Å². The van der Waals surface area contributed by atoms with E-state index in [1.54, 1.807) is 0 Å². The molecule has 0 spiro atoms. The lowest BCUT2D eigenvalue weighted by Gasteiger charge is -2.12. The van der Waals surface area contributed by atoms with Crippen LogP contribution in [0.5, 0.6) is 0 Å². The number of thiazole rings is 1. The maximum absolute atomic E-state index is 4.47. The maximum atomic E-state index is 4.47. The topological polar surface area (TPSA) is 24.9 Å². The highest BCUT2D eigenvalue weighted by Gasteiger charge is 2.21. The van der Waals surface area contributed by atoms with Crippen LogP contribution in [0.3, 0.4) is 0 Å². The Kier molecular flexibility index (Phi) is 3.42. The molecule has 0 saturated heterocycles. The molecule has 1 aromatic heterocycles. The summed E-state index contributed by atoms with van der Waals surface area (Å²) in [5, 5.41) is 4.77. The van der Waals surface area contributed by atoms with E-state index in [0.717, 1.165) is 12.5 Å². The Morgan fingerprint density at radius 2 is 2.20 bits per heavy atom. The molecule has 3 heteroatoms. The van der Waals surface area contributed by atoms with E-state index in [0.29, 0.717) is 6.04 Å². The molecule has 1 atom stereocenters. The zero-order chi connectivity index (χ0) is 10.8. The Morgan fingerprint density at radius 3 is 2.73 bits per heavy atom. The molecule has 0 radical (unpaired) electrons. The predicted molar refractivity (Wildman–Crippen MR) is 65.3 cm³/mol. The first-order chi connectivity index (χ1) is 7.16. The fourth-order valence-corrected chi connectivity index (χ4v) is 2.91. The van der Waals surface area contributed by atoms with Crippen LogP contribution in [0.15, 0.2) is 0 Å². The molecule has 1 fully saturated rings. The van der Waals surface area contributed by atoms with Gasteiger partial charge in [-0.05, 0) is 39.7 Å². The fraction of sp³-hybridized carbons (Fsp3) is 0.750. The van der Waals surface area contributed by atoms with Gasteiger partial charge >= 0.3 is 0 Å². The van der Waals surface area contributed by atoms with Gasteiger partial charge in [-0.2, -0.15) is 0 Å². The Hall–Kier alpha value is -0.410. The summed E-state index contributed by atoms with van der Waals surface area (Å²) in [5.74, 6) is 1.02. The molecule has 1 unspecified atom stereocenters. The third kappa shape index (κ3) is 3.02. The second-order valence-electron chi connectivity index (χ2n) is 4.59. The van der Waals surface area contributed by atoms with Crippen molar-refractivity contribution in [2.24, 2.45) is 5.92 Å². The predicted octanol–water partition coefficient (Wildman–Crippen LogP) is 3.21. The third-order valence-electron chi connectivity index (χ3n) is 3.03. The number of hydrogen-bond acceptors (Lipinski definition) is 3. The molecule has 1 heterocycles. The molecule has 0 amide bonds. The number of hydrogen-bond donors (Lipinski definition) is 1. The van der Waals surface area contributed by atoms with Crippen molar-refractivity contribution in [3.63, 3.8) is 0 Å². The maximum Gasteiger partial charge on any atom is 0.0900 e. The summed E-state index contributed by atoms with van der Waals surface area (Å²) in [6, 6.07) is 0.468. The van der Waals surface area contributed by atoms with Gasteiger partial charge < -0.3 is 5.32 Å². The summed E-state index contributed by atoms with van der Waals surface area (Å²) in [5.41, 5.74) is 1.20. The van der Waals surface area contributed by atoms with Crippen molar-refractivity contribution in [3.8, 4) is 0 Å². The van der Waals surface area contributed by atoms with Crippen molar-refractivity contribution < 1.29 is 0 Å². The smallest absolute Gasteiger partial charge is 0.0900 e. The van der Waals surface area contributed by atoms with Gasteiger partial charge in [0.25, 0.3) is 0 Å². The first-order valence-electron chi connectivity index (χ1n) is 5.84. The summed E-state index contributed by atoms with van der Waals surface area (Å²) in [6.45, 7) is 7.59. The van der Waals surface area contributed by atoms with Gasteiger partial charge in [0, 0.05) is 10.9 Å². The SMILES string of the molecule is Cc1nc(C)c(C(C)NCCC2CC2)s1. The van der Waals surface area contributed by atoms with Crippen LogP contribution in [0, 0.1) is 19.8 Å². The summed E-state index contributed by atoms with van der Waals surface area (Å²) >= 11 is 1.82. The highest BCUT2D eigenvalue weighted by Crippen LogP contribution is 2.32. The van der Waals surface area contributed by atoms with E-state index in [2.05, 4.69) is 31.1 Å². The Bertz CT molecular complexity index is 328. The normalized spacial score (nSPS) is 18.1. The monoisotopic (exact) mass is 224 g/mol. The summed E-state index contributed by atoms with van der Waals surface area (Å²) in [4.78, 5) is 5.87. The molecular weight excluding hydrogens is 204 g/mol. The summed E-state index contributed by atoms with van der Waals surface area (Å²) in [7, 11) is 0. The van der Waals surface area contributed by atoms with E-state index in [1.165, 1.54) is 34.8 Å². The fourth-order valence-electron chi connectivity index (χ4n) is 1.95. The van der Waals surface area contributed by atoms with Crippen LogP contribution >= 0.6 is 11.3 Å². The highest BCUT2D eigenvalue weighted by molar-refractivity contribution is 7.11. The quantitative estimate of drug-likeness (QED) is 0.830. The molecule has 0 aromatic carbocycles. The lowest BCUT2D eigenvalue weighted by atomic mass is 10.2. The molecular formula is C12H20N2S. The minimum atomic E-state index is 0.468. The highest BCUT2D eigenvalue weighted by atomic mass is 32.1. The molecule has 1 N–H and O–H groups in total. The second-order valence-corrected chi connectivity index (χ2v) is 5.83. The van der Waals surface area contributed by atoms with Gasteiger partial charge in [0.15, 0.2) is 0 Å². The zero-order valence-corrected chi connectivity index (χ0v) is 10.7. The first-order valence-corrected chi connectivity index (χ1v) is 6.65. The first kappa shape index (κ1) is 11.1. The van der Waals surface area contributed by atoms with Gasteiger partial charge in [0.05, 0.1) is 10.7 Å². The van der Waals surface area contributed by atoms with Crippen LogP contribution in [-0.2, 0) is 0 Å². The average Bonchev–Trinajstić information content (AvgIpc) is 2.92. The van der Waals surface area contributed by atoms with Gasteiger partial charge in [-0.25, -0.2) is 4.98 Å². The van der Waals surface area contributed by atoms with E-state index >= 15 is 0 Å². The molecule has 84 valence electrons. The zero-order valence-electron chi connectivity index (χ0n) is 9.84. The Labute approximate surface area is 96.1 Å². The number of aryl methyl sites for hydroxylation is 2. The van der Waals surface area contributed by atoms with Gasteiger partial charge in [-0.3, -0.25) is 0 Å². The number of aromatic nitrogens is 1. The average molecular weight is 224 g/mol. The molecule has 1 aromatic rings. The van der Waals surface area contributed by atoms with Crippen molar-refractivity contribution in [1.82, 2.24) is 10.3 Å². The van der Waals surface area contributed by atoms with E-state index in [-0.39, 0.29) is 0 Å². The van der Waals surface area contributed by atoms with E-state index in [9.17, 15) is 0 Å². The van der Waals surface area contributed by atoms with E-state index in [4.69, 9.17) is 0 Å². The van der Waals surface area contributed by atoms with Gasteiger partial charge in [0.1, 0.15) is 0 Å². The van der Waals surface area contributed by atoms with Crippen LogP contribution in [0.4, 0.5) is 0 Å².